The third-order valence-electron chi connectivity index (χ3n) is 3.99. The number of nitrogens with zero attached hydrogens (tertiary/aromatic N) is 1. The Balaban J connectivity index is 2.04. The number of fused-ring (bicyclic) bond motifs is 1. The van der Waals surface area contributed by atoms with Crippen LogP contribution in [0.1, 0.15) is 36.1 Å². The molecule has 2 nitrogen and oxygen atoms in total. The number of amidine groups is 1. The molecule has 1 aliphatic heterocycles. The minimum Gasteiger partial charge on any atom is -0.350 e. The summed E-state index contributed by atoms with van der Waals surface area (Å²) in [7, 11) is 0. The van der Waals surface area contributed by atoms with Crippen LogP contribution < -0.4 is 5.32 Å². The molecule has 1 heterocycles. The van der Waals surface area contributed by atoms with Gasteiger partial charge < -0.3 is 5.32 Å². The third kappa shape index (κ3) is 3.92. The van der Waals surface area contributed by atoms with Crippen molar-refractivity contribution in [3.8, 4) is 0 Å². The molecule has 0 atom stereocenters. The lowest BCUT2D eigenvalue weighted by Gasteiger charge is -2.12. The van der Waals surface area contributed by atoms with Crippen LogP contribution in [0, 0.1) is 0 Å². The van der Waals surface area contributed by atoms with Gasteiger partial charge in [0.15, 0.2) is 0 Å². The SMILES string of the molecule is CC(C)N=C1Cc2ccccc2C(c2ccc(C(F)(F)F)cc2)=CN1. The number of halogens is 3. The Labute approximate surface area is 145 Å². The first kappa shape index (κ1) is 17.3. The second kappa shape index (κ2) is 6.75. The quantitative estimate of drug-likeness (QED) is 0.810. The summed E-state index contributed by atoms with van der Waals surface area (Å²) in [6.07, 6.45) is -1.84. The number of hydrogen-bond acceptors (Lipinski definition) is 1. The van der Waals surface area contributed by atoms with E-state index in [0.717, 1.165) is 40.2 Å². The lowest BCUT2D eigenvalue weighted by molar-refractivity contribution is -0.137. The molecule has 5 heteroatoms. The van der Waals surface area contributed by atoms with Gasteiger partial charge in [0, 0.05) is 24.2 Å². The molecule has 0 aromatic heterocycles. The monoisotopic (exact) mass is 344 g/mol. The molecule has 25 heavy (non-hydrogen) atoms. The van der Waals surface area contributed by atoms with Crippen molar-refractivity contribution in [2.75, 3.05) is 0 Å². The van der Waals surface area contributed by atoms with E-state index in [0.29, 0.717) is 6.42 Å². The highest BCUT2D eigenvalue weighted by molar-refractivity contribution is 5.93. The fourth-order valence-electron chi connectivity index (χ4n) is 2.87. The fourth-order valence-corrected chi connectivity index (χ4v) is 2.87. The van der Waals surface area contributed by atoms with E-state index < -0.39 is 11.7 Å². The summed E-state index contributed by atoms with van der Waals surface area (Å²) in [5.41, 5.74) is 3.05. The van der Waals surface area contributed by atoms with Crippen molar-refractivity contribution in [2.45, 2.75) is 32.5 Å². The first-order valence-corrected chi connectivity index (χ1v) is 8.14. The van der Waals surface area contributed by atoms with Gasteiger partial charge in [-0.2, -0.15) is 13.2 Å². The van der Waals surface area contributed by atoms with E-state index in [-0.39, 0.29) is 6.04 Å². The molecule has 0 saturated heterocycles. The summed E-state index contributed by atoms with van der Waals surface area (Å²) in [5, 5.41) is 3.22. The van der Waals surface area contributed by atoms with E-state index in [9.17, 15) is 13.2 Å². The van der Waals surface area contributed by atoms with Crippen LogP contribution in [0.15, 0.2) is 59.7 Å². The first-order chi connectivity index (χ1) is 11.8. The summed E-state index contributed by atoms with van der Waals surface area (Å²) in [6.45, 7) is 4.01. The maximum Gasteiger partial charge on any atom is 0.416 e. The van der Waals surface area contributed by atoms with Gasteiger partial charge in [-0.05, 0) is 42.7 Å². The minimum absolute atomic E-state index is 0.163. The number of rotatable bonds is 2. The molecule has 2 aromatic rings. The largest absolute Gasteiger partial charge is 0.416 e. The van der Waals surface area contributed by atoms with Crippen molar-refractivity contribution >= 4 is 11.4 Å². The van der Waals surface area contributed by atoms with Crippen LogP contribution in [0.25, 0.3) is 5.57 Å². The van der Waals surface area contributed by atoms with Crippen LogP contribution >= 0.6 is 0 Å². The van der Waals surface area contributed by atoms with Crippen LogP contribution in [0.4, 0.5) is 13.2 Å². The third-order valence-corrected chi connectivity index (χ3v) is 3.99. The summed E-state index contributed by atoms with van der Waals surface area (Å²) >= 11 is 0. The smallest absolute Gasteiger partial charge is 0.350 e. The summed E-state index contributed by atoms with van der Waals surface area (Å²) in [4.78, 5) is 4.58. The van der Waals surface area contributed by atoms with E-state index in [1.807, 2.05) is 44.3 Å². The standard InChI is InChI=1S/C20H19F3N2/c1-13(2)25-19-11-15-5-3-4-6-17(15)18(12-24-19)14-7-9-16(10-8-14)20(21,22)23/h3-10,12-13H,11H2,1-2H3,(H,24,25). The Bertz CT molecular complexity index is 816. The molecule has 0 amide bonds. The molecule has 0 spiro atoms. The zero-order valence-electron chi connectivity index (χ0n) is 14.1. The normalized spacial score (nSPS) is 16.2. The maximum atomic E-state index is 12.8. The molecule has 0 radical (unpaired) electrons. The van der Waals surface area contributed by atoms with E-state index in [4.69, 9.17) is 0 Å². The van der Waals surface area contributed by atoms with Crippen molar-refractivity contribution in [3.63, 3.8) is 0 Å². The van der Waals surface area contributed by atoms with E-state index >= 15 is 0 Å². The van der Waals surface area contributed by atoms with Gasteiger partial charge in [0.25, 0.3) is 0 Å². The average molecular weight is 344 g/mol. The van der Waals surface area contributed by atoms with Gasteiger partial charge in [-0.1, -0.05) is 36.4 Å². The van der Waals surface area contributed by atoms with E-state index in [2.05, 4.69) is 10.3 Å². The van der Waals surface area contributed by atoms with E-state index in [1.54, 1.807) is 0 Å². The summed E-state index contributed by atoms with van der Waals surface area (Å²) in [6, 6.07) is 13.3. The number of nitrogens with one attached hydrogen (secondary N) is 1. The number of aliphatic imine (C=N–C) groups is 1. The van der Waals surface area contributed by atoms with Gasteiger partial charge in [-0.25, -0.2) is 0 Å². The van der Waals surface area contributed by atoms with Gasteiger partial charge in [-0.3, -0.25) is 4.99 Å². The molecule has 0 aliphatic carbocycles. The van der Waals surface area contributed by atoms with Crippen molar-refractivity contribution in [2.24, 2.45) is 4.99 Å². The Morgan fingerprint density at radius 3 is 2.32 bits per heavy atom. The molecule has 2 aromatic carbocycles. The van der Waals surface area contributed by atoms with Gasteiger partial charge >= 0.3 is 6.18 Å². The zero-order chi connectivity index (χ0) is 18.0. The lowest BCUT2D eigenvalue weighted by Crippen LogP contribution is -2.20. The predicted molar refractivity (Wildman–Crippen MR) is 94.4 cm³/mol. The van der Waals surface area contributed by atoms with E-state index in [1.165, 1.54) is 12.1 Å². The molecule has 130 valence electrons. The van der Waals surface area contributed by atoms with Gasteiger partial charge in [0.1, 0.15) is 5.84 Å². The first-order valence-electron chi connectivity index (χ1n) is 8.14. The fraction of sp³-hybridized carbons (Fsp3) is 0.250. The molecule has 0 unspecified atom stereocenters. The Morgan fingerprint density at radius 1 is 1.00 bits per heavy atom. The molecular formula is C20H19F3N2. The van der Waals surface area contributed by atoms with Gasteiger partial charge in [0.05, 0.1) is 5.56 Å². The van der Waals surface area contributed by atoms with Crippen LogP contribution in [0.2, 0.25) is 0 Å². The van der Waals surface area contributed by atoms with Crippen molar-refractivity contribution in [3.05, 3.63) is 77.0 Å². The highest BCUT2D eigenvalue weighted by Crippen LogP contribution is 2.32. The molecule has 3 rings (SSSR count). The Kier molecular flexibility index (Phi) is 4.66. The minimum atomic E-state index is -4.33. The number of alkyl halides is 3. The van der Waals surface area contributed by atoms with Gasteiger partial charge in [0.2, 0.25) is 0 Å². The Hall–Kier alpha value is -2.56. The number of hydrogen-bond donors (Lipinski definition) is 1. The van der Waals surface area contributed by atoms with Crippen LogP contribution in [0.3, 0.4) is 0 Å². The van der Waals surface area contributed by atoms with Crippen LogP contribution in [-0.2, 0) is 12.6 Å². The summed E-state index contributed by atoms with van der Waals surface area (Å²) in [5.74, 6) is 0.851. The van der Waals surface area contributed by atoms with Crippen LogP contribution in [-0.4, -0.2) is 11.9 Å². The van der Waals surface area contributed by atoms with Crippen molar-refractivity contribution < 1.29 is 13.2 Å². The average Bonchev–Trinajstić information content (AvgIpc) is 2.72. The zero-order valence-corrected chi connectivity index (χ0v) is 14.1. The molecule has 1 aliphatic rings. The molecule has 0 bridgehead atoms. The molecule has 0 fully saturated rings. The summed E-state index contributed by atoms with van der Waals surface area (Å²) < 4.78 is 38.4. The molecule has 0 saturated carbocycles. The van der Waals surface area contributed by atoms with Crippen molar-refractivity contribution in [1.29, 1.82) is 0 Å². The molecular weight excluding hydrogens is 325 g/mol. The predicted octanol–water partition coefficient (Wildman–Crippen LogP) is 5.05. The second-order valence-corrected chi connectivity index (χ2v) is 6.28. The highest BCUT2D eigenvalue weighted by atomic mass is 19.4. The number of benzene rings is 2. The molecule has 1 N–H and O–H groups in total. The Morgan fingerprint density at radius 2 is 1.68 bits per heavy atom. The van der Waals surface area contributed by atoms with Crippen LogP contribution in [0.5, 0.6) is 0 Å². The second-order valence-electron chi connectivity index (χ2n) is 6.28. The lowest BCUT2D eigenvalue weighted by atomic mass is 9.93. The topological polar surface area (TPSA) is 24.4 Å². The highest BCUT2D eigenvalue weighted by Gasteiger charge is 2.30. The van der Waals surface area contributed by atoms with Crippen molar-refractivity contribution in [1.82, 2.24) is 5.32 Å². The van der Waals surface area contributed by atoms with Gasteiger partial charge in [-0.15, -0.1) is 0 Å². The maximum absolute atomic E-state index is 12.8.